The SMILES string of the molecule is O=C(O)CCCCCCC1C(=O)CCC1/C=C/c1ccc(-c2ccccc2)cc1. The molecule has 1 N–H and O–H groups in total. The van der Waals surface area contributed by atoms with Crippen LogP contribution >= 0.6 is 0 Å². The zero-order valence-electron chi connectivity index (χ0n) is 16.9. The molecule has 0 aliphatic heterocycles. The maximum absolute atomic E-state index is 12.3. The van der Waals surface area contributed by atoms with Crippen LogP contribution in [-0.4, -0.2) is 16.9 Å². The van der Waals surface area contributed by atoms with Crippen molar-refractivity contribution in [1.82, 2.24) is 0 Å². The van der Waals surface area contributed by atoms with Gasteiger partial charge in [-0.25, -0.2) is 0 Å². The summed E-state index contributed by atoms with van der Waals surface area (Å²) in [6.45, 7) is 0. The summed E-state index contributed by atoms with van der Waals surface area (Å²) in [7, 11) is 0. The van der Waals surface area contributed by atoms with Crippen molar-refractivity contribution in [2.24, 2.45) is 11.8 Å². The minimum Gasteiger partial charge on any atom is -0.481 e. The smallest absolute Gasteiger partial charge is 0.303 e. The van der Waals surface area contributed by atoms with Crippen LogP contribution < -0.4 is 0 Å². The van der Waals surface area contributed by atoms with Crippen LogP contribution in [0.15, 0.2) is 60.7 Å². The van der Waals surface area contributed by atoms with Crippen molar-refractivity contribution in [3.05, 3.63) is 66.2 Å². The molecule has 2 unspecified atom stereocenters. The van der Waals surface area contributed by atoms with Crippen LogP contribution in [0, 0.1) is 11.8 Å². The Morgan fingerprint density at radius 3 is 2.34 bits per heavy atom. The standard InChI is InChI=1S/C26H30O3/c27-25-19-18-23(24(25)10-6-1-2-7-11-26(28)29)17-14-20-12-15-22(16-13-20)21-8-4-3-5-9-21/h3-5,8-9,12-17,23-24H,1-2,6-7,10-11,18-19H2,(H,28,29)/b17-14+. The Bertz CT molecular complexity index is 821. The fourth-order valence-electron chi connectivity index (χ4n) is 4.19. The Labute approximate surface area is 173 Å². The van der Waals surface area contributed by atoms with Crippen molar-refractivity contribution in [1.29, 1.82) is 0 Å². The average Bonchev–Trinajstić information content (AvgIpc) is 3.09. The average molecular weight is 391 g/mol. The fourth-order valence-corrected chi connectivity index (χ4v) is 4.19. The van der Waals surface area contributed by atoms with E-state index in [1.165, 1.54) is 11.1 Å². The number of Topliss-reactive ketones (excluding diaryl/α,β-unsaturated/α-hetero) is 1. The molecule has 0 spiro atoms. The highest BCUT2D eigenvalue weighted by Gasteiger charge is 2.32. The number of carboxylic acids is 1. The second-order valence-electron chi connectivity index (χ2n) is 7.97. The highest BCUT2D eigenvalue weighted by Crippen LogP contribution is 2.34. The molecule has 3 nitrogen and oxygen atoms in total. The molecule has 0 bridgehead atoms. The van der Waals surface area contributed by atoms with E-state index in [9.17, 15) is 9.59 Å². The third-order valence-electron chi connectivity index (χ3n) is 5.86. The second kappa shape index (κ2) is 10.8. The number of carboxylic acid groups (broad SMARTS) is 1. The molecule has 2 atom stereocenters. The number of unbranched alkanes of at least 4 members (excludes halogenated alkanes) is 3. The highest BCUT2D eigenvalue weighted by molar-refractivity contribution is 5.84. The molecular weight excluding hydrogens is 360 g/mol. The van der Waals surface area contributed by atoms with E-state index in [0.29, 0.717) is 18.1 Å². The summed E-state index contributed by atoms with van der Waals surface area (Å²) in [5, 5.41) is 8.69. The van der Waals surface area contributed by atoms with Crippen LogP contribution in [0.25, 0.3) is 17.2 Å². The number of hydrogen-bond acceptors (Lipinski definition) is 2. The monoisotopic (exact) mass is 390 g/mol. The van der Waals surface area contributed by atoms with Gasteiger partial charge >= 0.3 is 5.97 Å². The normalized spacial score (nSPS) is 19.1. The fraction of sp³-hybridized carbons (Fsp3) is 0.385. The molecule has 0 heterocycles. The Hall–Kier alpha value is -2.68. The van der Waals surface area contributed by atoms with E-state index in [4.69, 9.17) is 5.11 Å². The molecule has 152 valence electrons. The number of ketones is 1. The van der Waals surface area contributed by atoms with Crippen molar-refractivity contribution in [2.75, 3.05) is 0 Å². The molecule has 1 fully saturated rings. The Morgan fingerprint density at radius 2 is 1.62 bits per heavy atom. The van der Waals surface area contributed by atoms with E-state index in [1.807, 2.05) is 18.2 Å². The first kappa shape index (κ1) is 21.0. The number of carbonyl (C=O) groups excluding carboxylic acids is 1. The number of carbonyl (C=O) groups is 2. The lowest BCUT2D eigenvalue weighted by Gasteiger charge is -2.14. The number of benzene rings is 2. The maximum atomic E-state index is 12.3. The number of rotatable bonds is 10. The van der Waals surface area contributed by atoms with E-state index in [1.54, 1.807) is 0 Å². The molecular formula is C26H30O3. The minimum atomic E-state index is -0.724. The minimum absolute atomic E-state index is 0.134. The molecule has 0 radical (unpaired) electrons. The summed E-state index contributed by atoms with van der Waals surface area (Å²) in [6.07, 6.45) is 10.9. The summed E-state index contributed by atoms with van der Waals surface area (Å²) in [4.78, 5) is 22.8. The predicted molar refractivity (Wildman–Crippen MR) is 117 cm³/mol. The van der Waals surface area contributed by atoms with Gasteiger partial charge in [-0.15, -0.1) is 0 Å². The third kappa shape index (κ3) is 6.42. The third-order valence-corrected chi connectivity index (χ3v) is 5.86. The summed E-state index contributed by atoms with van der Waals surface area (Å²) in [5.41, 5.74) is 3.59. The van der Waals surface area contributed by atoms with Crippen molar-refractivity contribution in [2.45, 2.75) is 51.4 Å². The molecule has 1 saturated carbocycles. The Kier molecular flexibility index (Phi) is 7.80. The van der Waals surface area contributed by atoms with Crippen LogP contribution in [0.1, 0.15) is 56.9 Å². The van der Waals surface area contributed by atoms with Gasteiger partial charge in [-0.2, -0.15) is 0 Å². The summed E-state index contributed by atoms with van der Waals surface area (Å²) >= 11 is 0. The van der Waals surface area contributed by atoms with Gasteiger partial charge in [0.05, 0.1) is 0 Å². The zero-order chi connectivity index (χ0) is 20.5. The van der Waals surface area contributed by atoms with Crippen molar-refractivity contribution in [3.8, 4) is 11.1 Å². The van der Waals surface area contributed by atoms with Gasteiger partial charge in [0, 0.05) is 18.8 Å². The highest BCUT2D eigenvalue weighted by atomic mass is 16.4. The largest absolute Gasteiger partial charge is 0.481 e. The van der Waals surface area contributed by atoms with Crippen molar-refractivity contribution < 1.29 is 14.7 Å². The molecule has 29 heavy (non-hydrogen) atoms. The maximum Gasteiger partial charge on any atom is 0.303 e. The molecule has 3 heteroatoms. The molecule has 3 rings (SSSR count). The van der Waals surface area contributed by atoms with Gasteiger partial charge in [-0.05, 0) is 41.9 Å². The summed E-state index contributed by atoms with van der Waals surface area (Å²) in [6, 6.07) is 18.9. The van der Waals surface area contributed by atoms with Crippen molar-refractivity contribution in [3.63, 3.8) is 0 Å². The lowest BCUT2D eigenvalue weighted by molar-refractivity contribution is -0.137. The summed E-state index contributed by atoms with van der Waals surface area (Å²) in [5.74, 6) is 0.132. The van der Waals surface area contributed by atoms with Gasteiger partial charge in [0.2, 0.25) is 0 Å². The van der Waals surface area contributed by atoms with Crippen LogP contribution in [0.3, 0.4) is 0 Å². The lowest BCUT2D eigenvalue weighted by atomic mass is 9.89. The van der Waals surface area contributed by atoms with Crippen molar-refractivity contribution >= 4 is 17.8 Å². The zero-order valence-corrected chi connectivity index (χ0v) is 16.9. The molecule has 1 aliphatic rings. The van der Waals surface area contributed by atoms with E-state index in [2.05, 4.69) is 48.6 Å². The molecule has 0 aromatic heterocycles. The van der Waals surface area contributed by atoms with Crippen LogP contribution in [0.4, 0.5) is 0 Å². The van der Waals surface area contributed by atoms with E-state index < -0.39 is 5.97 Å². The summed E-state index contributed by atoms with van der Waals surface area (Å²) < 4.78 is 0. The van der Waals surface area contributed by atoms with Gasteiger partial charge in [-0.1, -0.05) is 86.0 Å². The number of aliphatic carboxylic acids is 1. The Balaban J connectivity index is 1.50. The van der Waals surface area contributed by atoms with Gasteiger partial charge < -0.3 is 5.11 Å². The van der Waals surface area contributed by atoms with Gasteiger partial charge in [0.25, 0.3) is 0 Å². The molecule has 0 amide bonds. The molecule has 2 aromatic rings. The van der Waals surface area contributed by atoms with E-state index in [0.717, 1.165) is 44.1 Å². The topological polar surface area (TPSA) is 54.4 Å². The van der Waals surface area contributed by atoms with Crippen LogP contribution in [0.2, 0.25) is 0 Å². The predicted octanol–water partition coefficient (Wildman–Crippen LogP) is 6.39. The number of allylic oxidation sites excluding steroid dienone is 1. The van der Waals surface area contributed by atoms with Crippen LogP contribution in [0.5, 0.6) is 0 Å². The molecule has 2 aromatic carbocycles. The first-order chi connectivity index (χ1) is 14.1. The number of hydrogen-bond donors (Lipinski definition) is 1. The quantitative estimate of drug-likeness (QED) is 0.478. The van der Waals surface area contributed by atoms with Crippen LogP contribution in [-0.2, 0) is 9.59 Å². The van der Waals surface area contributed by atoms with Gasteiger partial charge in [-0.3, -0.25) is 9.59 Å². The Morgan fingerprint density at radius 1 is 0.931 bits per heavy atom. The lowest BCUT2D eigenvalue weighted by Crippen LogP contribution is -2.13. The second-order valence-corrected chi connectivity index (χ2v) is 7.97. The molecule has 0 saturated heterocycles. The first-order valence-corrected chi connectivity index (χ1v) is 10.7. The first-order valence-electron chi connectivity index (χ1n) is 10.7. The van der Waals surface area contributed by atoms with Gasteiger partial charge in [0.15, 0.2) is 0 Å². The van der Waals surface area contributed by atoms with Gasteiger partial charge in [0.1, 0.15) is 5.78 Å². The van der Waals surface area contributed by atoms with E-state index in [-0.39, 0.29) is 12.3 Å². The molecule has 1 aliphatic carbocycles. The van der Waals surface area contributed by atoms with E-state index >= 15 is 0 Å².